The van der Waals surface area contributed by atoms with Crippen LogP contribution in [0, 0.1) is 0 Å². The zero-order chi connectivity index (χ0) is 13.8. The first-order valence-corrected chi connectivity index (χ1v) is 8.14. The molecule has 1 aliphatic heterocycles. The maximum atomic E-state index is 6.15. The summed E-state index contributed by atoms with van der Waals surface area (Å²) in [5.74, 6) is 1.70. The van der Waals surface area contributed by atoms with Crippen LogP contribution in [0.1, 0.15) is 11.1 Å². The monoisotopic (exact) mass is 283 g/mol. The van der Waals surface area contributed by atoms with Crippen LogP contribution in [0.2, 0.25) is 0 Å². The molecule has 20 heavy (non-hydrogen) atoms. The second-order valence-corrected chi connectivity index (χ2v) is 5.72. The van der Waals surface area contributed by atoms with E-state index >= 15 is 0 Å². The summed E-state index contributed by atoms with van der Waals surface area (Å²) in [7, 11) is 0. The van der Waals surface area contributed by atoms with Crippen molar-refractivity contribution < 1.29 is 4.74 Å². The number of ether oxygens (including phenoxy) is 1. The van der Waals surface area contributed by atoms with Crippen molar-refractivity contribution in [1.82, 2.24) is 0 Å². The minimum Gasteiger partial charge on any atom is -0.473 e. The maximum Gasteiger partial charge on any atom is 0.221 e. The van der Waals surface area contributed by atoms with E-state index in [1.807, 2.05) is 48.2 Å². The molecule has 0 bridgehead atoms. The van der Waals surface area contributed by atoms with E-state index in [9.17, 15) is 0 Å². The molecule has 102 valence electrons. The summed E-state index contributed by atoms with van der Waals surface area (Å²) in [6.45, 7) is 0. The molecule has 1 aliphatic rings. The first-order chi connectivity index (χ1) is 9.86. The lowest BCUT2D eigenvalue weighted by Crippen LogP contribution is -2.22. The highest BCUT2D eigenvalue weighted by atomic mass is 32.2. The Kier molecular flexibility index (Phi) is 4.07. The summed E-state index contributed by atoms with van der Waals surface area (Å²) < 4.78 is 6.15. The molecule has 2 nitrogen and oxygen atoms in total. The van der Waals surface area contributed by atoms with Crippen LogP contribution in [0.15, 0.2) is 59.6 Å². The highest BCUT2D eigenvalue weighted by molar-refractivity contribution is 7.98. The van der Waals surface area contributed by atoms with Crippen LogP contribution in [0.4, 0.5) is 5.69 Å². The number of hydrogen-bond donors (Lipinski definition) is 0. The summed E-state index contributed by atoms with van der Waals surface area (Å²) >= 11 is 1.81. The average Bonchev–Trinajstić information content (AvgIpc) is 2.67. The number of rotatable bonds is 3. The SMILES string of the molecule is CSCC1Cc2ccccc2N=C(c2ccccc2)O1. The van der Waals surface area contributed by atoms with E-state index in [1.165, 1.54) is 5.56 Å². The lowest BCUT2D eigenvalue weighted by molar-refractivity contribution is 0.217. The van der Waals surface area contributed by atoms with Crippen molar-refractivity contribution in [3.63, 3.8) is 0 Å². The van der Waals surface area contributed by atoms with Gasteiger partial charge >= 0.3 is 0 Å². The van der Waals surface area contributed by atoms with Crippen LogP contribution in [0.25, 0.3) is 0 Å². The van der Waals surface area contributed by atoms with Gasteiger partial charge in [0.25, 0.3) is 0 Å². The fraction of sp³-hybridized carbons (Fsp3) is 0.235. The van der Waals surface area contributed by atoms with Crippen molar-refractivity contribution in [1.29, 1.82) is 0 Å². The molecule has 0 saturated heterocycles. The van der Waals surface area contributed by atoms with Gasteiger partial charge in [-0.15, -0.1) is 0 Å². The first-order valence-electron chi connectivity index (χ1n) is 6.74. The van der Waals surface area contributed by atoms with E-state index in [0.717, 1.165) is 29.3 Å². The highest BCUT2D eigenvalue weighted by Crippen LogP contribution is 2.27. The predicted octanol–water partition coefficient (Wildman–Crippen LogP) is 4.07. The molecule has 0 radical (unpaired) electrons. The molecule has 3 heteroatoms. The van der Waals surface area contributed by atoms with Gasteiger partial charge in [0.05, 0.1) is 5.69 Å². The molecule has 0 spiro atoms. The average molecular weight is 283 g/mol. The largest absolute Gasteiger partial charge is 0.473 e. The molecule has 2 aromatic rings. The van der Waals surface area contributed by atoms with Crippen molar-refractivity contribution in [2.75, 3.05) is 12.0 Å². The zero-order valence-corrected chi connectivity index (χ0v) is 12.3. The van der Waals surface area contributed by atoms with Gasteiger partial charge in [0.15, 0.2) is 0 Å². The third-order valence-corrected chi connectivity index (χ3v) is 4.02. The Morgan fingerprint density at radius 2 is 1.85 bits per heavy atom. The minimum absolute atomic E-state index is 0.174. The summed E-state index contributed by atoms with van der Waals surface area (Å²) in [5, 5.41) is 0. The standard InChI is InChI=1S/C17H17NOS/c1-20-12-15-11-14-9-5-6-10-16(14)18-17(19-15)13-7-3-2-4-8-13/h2-10,15H,11-12H2,1H3. The second-order valence-electron chi connectivity index (χ2n) is 4.81. The van der Waals surface area contributed by atoms with Crippen LogP contribution < -0.4 is 0 Å². The molecule has 0 N–H and O–H groups in total. The number of aliphatic imine (C=N–C) groups is 1. The summed E-state index contributed by atoms with van der Waals surface area (Å²) in [6, 6.07) is 18.4. The Bertz CT molecular complexity index is 609. The maximum absolute atomic E-state index is 6.15. The fourth-order valence-electron chi connectivity index (χ4n) is 2.37. The van der Waals surface area contributed by atoms with Gasteiger partial charge in [0.1, 0.15) is 6.10 Å². The third-order valence-electron chi connectivity index (χ3n) is 3.31. The number of thioether (sulfide) groups is 1. The molecule has 3 rings (SSSR count). The lowest BCUT2D eigenvalue weighted by atomic mass is 10.1. The van der Waals surface area contributed by atoms with Gasteiger partial charge in [0, 0.05) is 17.7 Å². The Labute approximate surface area is 123 Å². The second kappa shape index (κ2) is 6.14. The quantitative estimate of drug-likeness (QED) is 0.847. The third kappa shape index (κ3) is 2.88. The van der Waals surface area contributed by atoms with Gasteiger partial charge in [-0.2, -0.15) is 11.8 Å². The summed E-state index contributed by atoms with van der Waals surface area (Å²) in [5.41, 5.74) is 3.32. The smallest absolute Gasteiger partial charge is 0.221 e. The molecular formula is C17H17NOS. The van der Waals surface area contributed by atoms with E-state index in [2.05, 4.69) is 24.5 Å². The number of benzene rings is 2. The van der Waals surface area contributed by atoms with Crippen LogP contribution in [0.5, 0.6) is 0 Å². The van der Waals surface area contributed by atoms with Crippen LogP contribution in [-0.2, 0) is 11.2 Å². The normalized spacial score (nSPS) is 17.6. The molecule has 0 saturated carbocycles. The number of para-hydroxylation sites is 1. The first kappa shape index (κ1) is 13.3. The van der Waals surface area contributed by atoms with E-state index in [1.54, 1.807) is 0 Å². The molecule has 0 fully saturated rings. The molecule has 0 amide bonds. The van der Waals surface area contributed by atoms with Gasteiger partial charge in [0.2, 0.25) is 5.90 Å². The van der Waals surface area contributed by atoms with Crippen LogP contribution in [0.3, 0.4) is 0 Å². The van der Waals surface area contributed by atoms with Gasteiger partial charge in [-0.05, 0) is 30.0 Å². The Morgan fingerprint density at radius 1 is 1.10 bits per heavy atom. The predicted molar refractivity (Wildman–Crippen MR) is 86.0 cm³/mol. The number of fused-ring (bicyclic) bond motifs is 1. The molecule has 2 aromatic carbocycles. The minimum atomic E-state index is 0.174. The molecular weight excluding hydrogens is 266 g/mol. The fourth-order valence-corrected chi connectivity index (χ4v) is 2.92. The van der Waals surface area contributed by atoms with Gasteiger partial charge in [-0.3, -0.25) is 0 Å². The van der Waals surface area contributed by atoms with Crippen LogP contribution in [-0.4, -0.2) is 24.0 Å². The van der Waals surface area contributed by atoms with E-state index in [-0.39, 0.29) is 6.10 Å². The van der Waals surface area contributed by atoms with Gasteiger partial charge in [-0.25, -0.2) is 4.99 Å². The Hall–Kier alpha value is -1.74. The van der Waals surface area contributed by atoms with Crippen molar-refractivity contribution in [2.45, 2.75) is 12.5 Å². The molecule has 0 aromatic heterocycles. The number of nitrogens with zero attached hydrogens (tertiary/aromatic N) is 1. The molecule has 1 unspecified atom stereocenters. The van der Waals surface area contributed by atoms with Crippen molar-refractivity contribution in [2.24, 2.45) is 4.99 Å². The van der Waals surface area contributed by atoms with Gasteiger partial charge < -0.3 is 4.74 Å². The van der Waals surface area contributed by atoms with Gasteiger partial charge in [-0.1, -0.05) is 36.4 Å². The summed E-state index contributed by atoms with van der Waals surface area (Å²) in [6.07, 6.45) is 3.20. The highest BCUT2D eigenvalue weighted by Gasteiger charge is 2.20. The molecule has 0 aliphatic carbocycles. The zero-order valence-electron chi connectivity index (χ0n) is 11.5. The lowest BCUT2D eigenvalue weighted by Gasteiger charge is -2.17. The van der Waals surface area contributed by atoms with Crippen molar-refractivity contribution in [3.05, 3.63) is 65.7 Å². The van der Waals surface area contributed by atoms with Crippen molar-refractivity contribution in [3.8, 4) is 0 Å². The number of hydrogen-bond acceptors (Lipinski definition) is 3. The molecule has 1 atom stereocenters. The van der Waals surface area contributed by atoms with Crippen LogP contribution >= 0.6 is 11.8 Å². The van der Waals surface area contributed by atoms with E-state index < -0.39 is 0 Å². The topological polar surface area (TPSA) is 21.6 Å². The molecule has 1 heterocycles. The Morgan fingerprint density at radius 3 is 2.65 bits per heavy atom. The van der Waals surface area contributed by atoms with Crippen molar-refractivity contribution >= 4 is 23.3 Å². The Balaban J connectivity index is 2.02. The van der Waals surface area contributed by atoms with E-state index in [4.69, 9.17) is 9.73 Å². The summed E-state index contributed by atoms with van der Waals surface area (Å²) in [4.78, 5) is 4.73. The van der Waals surface area contributed by atoms with E-state index in [0.29, 0.717) is 0 Å².